The smallest absolute Gasteiger partial charge is 0.228 e. The van der Waals surface area contributed by atoms with E-state index in [9.17, 15) is 9.59 Å². The van der Waals surface area contributed by atoms with Crippen LogP contribution in [0.5, 0.6) is 0 Å². The highest BCUT2D eigenvalue weighted by Crippen LogP contribution is 2.31. The quantitative estimate of drug-likeness (QED) is 0.753. The van der Waals surface area contributed by atoms with Crippen LogP contribution in [0.25, 0.3) is 0 Å². The number of aryl methyl sites for hydroxylation is 2. The number of nitriles is 1. The van der Waals surface area contributed by atoms with E-state index in [1.165, 1.54) is 17.5 Å². The number of benzene rings is 2. The molecule has 1 atom stereocenters. The fraction of sp³-hybridized carbons (Fsp3) is 0.423. The van der Waals surface area contributed by atoms with Gasteiger partial charge in [0.15, 0.2) is 0 Å². The van der Waals surface area contributed by atoms with E-state index in [0.717, 1.165) is 50.3 Å². The van der Waals surface area contributed by atoms with Crippen molar-refractivity contribution in [2.75, 3.05) is 42.5 Å². The molecule has 2 saturated heterocycles. The molecule has 2 aromatic carbocycles. The third-order valence-corrected chi connectivity index (χ3v) is 7.04. The Morgan fingerprint density at radius 1 is 0.906 bits per heavy atom. The summed E-state index contributed by atoms with van der Waals surface area (Å²) in [5, 5.41) is 9.00. The van der Waals surface area contributed by atoms with E-state index in [4.69, 9.17) is 5.26 Å². The first-order valence-corrected chi connectivity index (χ1v) is 11.6. The van der Waals surface area contributed by atoms with Crippen molar-refractivity contribution in [3.63, 3.8) is 0 Å². The molecule has 2 aromatic rings. The Hall–Kier alpha value is -3.33. The predicted molar refractivity (Wildman–Crippen MR) is 123 cm³/mol. The lowest BCUT2D eigenvalue weighted by atomic mass is 10.1. The van der Waals surface area contributed by atoms with E-state index in [1.807, 2.05) is 40.1 Å². The van der Waals surface area contributed by atoms with Gasteiger partial charge in [0, 0.05) is 50.5 Å². The highest BCUT2D eigenvalue weighted by Gasteiger charge is 2.37. The van der Waals surface area contributed by atoms with E-state index >= 15 is 0 Å². The Morgan fingerprint density at radius 2 is 1.69 bits per heavy atom. The fourth-order valence-electron chi connectivity index (χ4n) is 5.25. The highest BCUT2D eigenvalue weighted by atomic mass is 16.2. The highest BCUT2D eigenvalue weighted by molar-refractivity contribution is 6.00. The van der Waals surface area contributed by atoms with Crippen molar-refractivity contribution in [2.45, 2.75) is 32.1 Å². The second-order valence-electron chi connectivity index (χ2n) is 9.04. The molecule has 0 saturated carbocycles. The van der Waals surface area contributed by atoms with Gasteiger partial charge in [-0.1, -0.05) is 6.07 Å². The van der Waals surface area contributed by atoms with Gasteiger partial charge in [-0.05, 0) is 73.2 Å². The van der Waals surface area contributed by atoms with Crippen LogP contribution in [0.2, 0.25) is 0 Å². The first-order chi connectivity index (χ1) is 15.6. The molecule has 2 amide bonds. The molecule has 32 heavy (non-hydrogen) atoms. The number of hydrogen-bond acceptors (Lipinski definition) is 4. The van der Waals surface area contributed by atoms with Crippen LogP contribution in [0.3, 0.4) is 0 Å². The predicted octanol–water partition coefficient (Wildman–Crippen LogP) is 3.14. The molecule has 2 heterocycles. The number of rotatable bonds is 3. The molecule has 6 heteroatoms. The first-order valence-electron chi connectivity index (χ1n) is 11.6. The number of hydrogen-bond donors (Lipinski definition) is 0. The Kier molecular flexibility index (Phi) is 5.57. The summed E-state index contributed by atoms with van der Waals surface area (Å²) in [6, 6.07) is 16.1. The summed E-state index contributed by atoms with van der Waals surface area (Å²) in [5.41, 5.74) is 5.41. The number of carbonyl (C=O) groups is 2. The maximum atomic E-state index is 13.3. The van der Waals surface area contributed by atoms with Crippen LogP contribution in [0.1, 0.15) is 36.0 Å². The van der Waals surface area contributed by atoms with Gasteiger partial charge in [-0.25, -0.2) is 0 Å². The summed E-state index contributed by atoms with van der Waals surface area (Å²) in [7, 11) is 0. The normalized spacial score (nSPS) is 20.8. The lowest BCUT2D eigenvalue weighted by molar-refractivity contribution is -0.135. The molecule has 2 fully saturated rings. The molecule has 2 aliphatic heterocycles. The lowest BCUT2D eigenvalue weighted by Gasteiger charge is -2.25. The maximum Gasteiger partial charge on any atom is 0.228 e. The average Bonchev–Trinajstić information content (AvgIpc) is 3.37. The van der Waals surface area contributed by atoms with E-state index in [-0.39, 0.29) is 17.7 Å². The van der Waals surface area contributed by atoms with E-state index in [0.29, 0.717) is 25.1 Å². The van der Waals surface area contributed by atoms with Gasteiger partial charge in [-0.3, -0.25) is 9.59 Å². The SMILES string of the molecule is N#Cc1ccc(N2CCCN(C(=O)C3CC(=O)N(c4ccc5c(c4)CCC5)C3)CC2)cc1. The minimum atomic E-state index is -0.266. The van der Waals surface area contributed by atoms with Crippen molar-refractivity contribution in [2.24, 2.45) is 5.92 Å². The number of anilines is 2. The summed E-state index contributed by atoms with van der Waals surface area (Å²) in [6.07, 6.45) is 4.57. The number of nitrogens with zero attached hydrogens (tertiary/aromatic N) is 4. The number of carbonyl (C=O) groups excluding carboxylic acids is 2. The van der Waals surface area contributed by atoms with Gasteiger partial charge in [0.1, 0.15) is 0 Å². The van der Waals surface area contributed by atoms with Crippen molar-refractivity contribution in [3.05, 3.63) is 59.2 Å². The maximum absolute atomic E-state index is 13.3. The van der Waals surface area contributed by atoms with Crippen molar-refractivity contribution in [1.29, 1.82) is 5.26 Å². The topological polar surface area (TPSA) is 67.6 Å². The molecular formula is C26H28N4O2. The second-order valence-corrected chi connectivity index (χ2v) is 9.04. The average molecular weight is 429 g/mol. The van der Waals surface area contributed by atoms with Crippen LogP contribution in [-0.2, 0) is 22.4 Å². The molecule has 3 aliphatic rings. The van der Waals surface area contributed by atoms with Crippen molar-refractivity contribution in [1.82, 2.24) is 4.90 Å². The molecule has 0 N–H and O–H groups in total. The largest absolute Gasteiger partial charge is 0.370 e. The van der Waals surface area contributed by atoms with Gasteiger partial charge in [0.25, 0.3) is 0 Å². The lowest BCUT2D eigenvalue weighted by Crippen LogP contribution is -2.40. The molecule has 0 radical (unpaired) electrons. The summed E-state index contributed by atoms with van der Waals surface area (Å²) in [4.78, 5) is 32.1. The third-order valence-electron chi connectivity index (χ3n) is 7.04. The van der Waals surface area contributed by atoms with Gasteiger partial charge >= 0.3 is 0 Å². The molecule has 0 bridgehead atoms. The van der Waals surface area contributed by atoms with E-state index in [1.54, 1.807) is 0 Å². The zero-order valence-corrected chi connectivity index (χ0v) is 18.3. The Bertz CT molecular complexity index is 1070. The molecule has 5 rings (SSSR count). The Morgan fingerprint density at radius 3 is 2.50 bits per heavy atom. The summed E-state index contributed by atoms with van der Waals surface area (Å²) >= 11 is 0. The molecule has 1 unspecified atom stereocenters. The molecule has 1 aliphatic carbocycles. The zero-order chi connectivity index (χ0) is 22.1. The van der Waals surface area contributed by atoms with Crippen molar-refractivity contribution < 1.29 is 9.59 Å². The minimum absolute atomic E-state index is 0.0512. The van der Waals surface area contributed by atoms with E-state index < -0.39 is 0 Å². The molecule has 0 aromatic heterocycles. The Balaban J connectivity index is 1.22. The van der Waals surface area contributed by atoms with Gasteiger partial charge in [0.05, 0.1) is 17.6 Å². The van der Waals surface area contributed by atoms with Crippen LogP contribution < -0.4 is 9.80 Å². The minimum Gasteiger partial charge on any atom is -0.370 e. The second kappa shape index (κ2) is 8.66. The summed E-state index contributed by atoms with van der Waals surface area (Å²) in [5.74, 6) is -0.115. The third kappa shape index (κ3) is 3.95. The van der Waals surface area contributed by atoms with Crippen LogP contribution in [0, 0.1) is 17.2 Å². The van der Waals surface area contributed by atoms with Crippen molar-refractivity contribution in [3.8, 4) is 6.07 Å². The number of amides is 2. The molecule has 6 nitrogen and oxygen atoms in total. The summed E-state index contributed by atoms with van der Waals surface area (Å²) in [6.45, 7) is 3.48. The number of fused-ring (bicyclic) bond motifs is 1. The van der Waals surface area contributed by atoms with E-state index in [2.05, 4.69) is 23.1 Å². The fourth-order valence-corrected chi connectivity index (χ4v) is 5.25. The monoisotopic (exact) mass is 428 g/mol. The first kappa shape index (κ1) is 20.6. The van der Waals surface area contributed by atoms with Gasteiger partial charge in [-0.15, -0.1) is 0 Å². The molecular weight excluding hydrogens is 400 g/mol. The van der Waals surface area contributed by atoms with Gasteiger partial charge in [-0.2, -0.15) is 5.26 Å². The zero-order valence-electron chi connectivity index (χ0n) is 18.3. The van der Waals surface area contributed by atoms with Gasteiger partial charge < -0.3 is 14.7 Å². The Labute approximate surface area is 189 Å². The van der Waals surface area contributed by atoms with Crippen LogP contribution in [0.4, 0.5) is 11.4 Å². The van der Waals surface area contributed by atoms with Crippen molar-refractivity contribution >= 4 is 23.2 Å². The standard InChI is InChI=1S/C26H28N4O2/c27-17-19-5-8-23(9-6-19)28-11-2-12-29(14-13-28)26(32)22-16-25(31)30(18-22)24-10-7-20-3-1-4-21(20)15-24/h5-10,15,22H,1-4,11-14,16,18H2. The summed E-state index contributed by atoms with van der Waals surface area (Å²) < 4.78 is 0. The van der Waals surface area contributed by atoms with Crippen LogP contribution in [0.15, 0.2) is 42.5 Å². The molecule has 164 valence electrons. The van der Waals surface area contributed by atoms with Crippen LogP contribution in [-0.4, -0.2) is 49.4 Å². The molecule has 0 spiro atoms. The van der Waals surface area contributed by atoms with Crippen LogP contribution >= 0.6 is 0 Å². The van der Waals surface area contributed by atoms with Gasteiger partial charge in [0.2, 0.25) is 11.8 Å².